The van der Waals surface area contributed by atoms with Gasteiger partial charge in [0.05, 0.1) is 10.8 Å². The van der Waals surface area contributed by atoms with E-state index < -0.39 is 15.9 Å². The van der Waals surface area contributed by atoms with E-state index in [0.29, 0.717) is 37.6 Å². The summed E-state index contributed by atoms with van der Waals surface area (Å²) in [5, 5.41) is 2.81. The zero-order chi connectivity index (χ0) is 24.0. The van der Waals surface area contributed by atoms with Crippen LogP contribution in [0.25, 0.3) is 0 Å². The number of likely N-dealkylation sites (tertiary alicyclic amines) is 1. The smallest absolute Gasteiger partial charge is 0.262 e. The summed E-state index contributed by atoms with van der Waals surface area (Å²) < 4.78 is 27.9. The molecule has 0 saturated carbocycles. The number of amides is 2. The first-order valence-electron chi connectivity index (χ1n) is 11.7. The zero-order valence-electron chi connectivity index (χ0n) is 19.1. The summed E-state index contributed by atoms with van der Waals surface area (Å²) in [7, 11) is -3.73. The highest BCUT2D eigenvalue weighted by atomic mass is 32.2. The number of aliphatic imine (C=N–C) groups is 1. The van der Waals surface area contributed by atoms with Gasteiger partial charge in [0.1, 0.15) is 5.84 Å². The van der Waals surface area contributed by atoms with Crippen LogP contribution in [0, 0.1) is 5.92 Å². The van der Waals surface area contributed by atoms with Crippen LogP contribution in [0.1, 0.15) is 37.7 Å². The fourth-order valence-electron chi connectivity index (χ4n) is 4.21. The predicted molar refractivity (Wildman–Crippen MR) is 131 cm³/mol. The number of carbonyl (C=O) groups is 2. The Hall–Kier alpha value is -3.20. The van der Waals surface area contributed by atoms with E-state index >= 15 is 0 Å². The minimum atomic E-state index is -3.73. The van der Waals surface area contributed by atoms with Gasteiger partial charge in [-0.1, -0.05) is 36.8 Å². The number of nitrogens with zero attached hydrogens (tertiary/aromatic N) is 2. The van der Waals surface area contributed by atoms with Crippen molar-refractivity contribution in [2.75, 3.05) is 25.0 Å². The summed E-state index contributed by atoms with van der Waals surface area (Å²) in [6.45, 7) is 1.60. The maximum atomic E-state index is 12.7. The Balaban J connectivity index is 1.31. The molecule has 0 aliphatic carbocycles. The number of rotatable bonds is 7. The Morgan fingerprint density at radius 1 is 1.03 bits per heavy atom. The molecule has 1 unspecified atom stereocenters. The molecule has 0 bridgehead atoms. The molecule has 0 radical (unpaired) electrons. The minimum Gasteiger partial charge on any atom is -0.342 e. The Bertz CT molecular complexity index is 1150. The molecule has 2 aliphatic heterocycles. The van der Waals surface area contributed by atoms with E-state index in [1.807, 2.05) is 30.3 Å². The molecule has 34 heavy (non-hydrogen) atoms. The second-order valence-corrected chi connectivity index (χ2v) is 10.4. The quantitative estimate of drug-likeness (QED) is 0.632. The molecule has 180 valence electrons. The van der Waals surface area contributed by atoms with E-state index in [0.717, 1.165) is 31.2 Å². The fourth-order valence-corrected chi connectivity index (χ4v) is 5.29. The molecule has 0 aromatic heterocycles. The molecule has 1 saturated heterocycles. The molecular formula is C25H30N4O4S. The highest BCUT2D eigenvalue weighted by molar-refractivity contribution is 7.90. The molecule has 1 atom stereocenters. The number of amidine groups is 1. The number of sulfonamides is 1. The van der Waals surface area contributed by atoms with Crippen molar-refractivity contribution >= 4 is 33.4 Å². The van der Waals surface area contributed by atoms with Gasteiger partial charge in [-0.25, -0.2) is 8.42 Å². The van der Waals surface area contributed by atoms with Crippen LogP contribution in [0.3, 0.4) is 0 Å². The number of anilines is 1. The maximum absolute atomic E-state index is 12.7. The van der Waals surface area contributed by atoms with Gasteiger partial charge in [0.25, 0.3) is 10.0 Å². The van der Waals surface area contributed by atoms with E-state index in [9.17, 15) is 18.0 Å². The predicted octanol–water partition coefficient (Wildman–Crippen LogP) is 2.97. The summed E-state index contributed by atoms with van der Waals surface area (Å²) >= 11 is 0. The molecular weight excluding hydrogens is 452 g/mol. The van der Waals surface area contributed by atoms with Crippen molar-refractivity contribution in [3.63, 3.8) is 0 Å². The summed E-state index contributed by atoms with van der Waals surface area (Å²) in [6, 6.07) is 16.0. The van der Waals surface area contributed by atoms with Crippen molar-refractivity contribution in [2.24, 2.45) is 10.9 Å². The van der Waals surface area contributed by atoms with Gasteiger partial charge in [-0.2, -0.15) is 0 Å². The van der Waals surface area contributed by atoms with Crippen LogP contribution in [0.5, 0.6) is 0 Å². The average Bonchev–Trinajstić information content (AvgIpc) is 3.02. The molecule has 2 amide bonds. The van der Waals surface area contributed by atoms with Gasteiger partial charge < -0.3 is 10.2 Å². The van der Waals surface area contributed by atoms with Crippen LogP contribution in [0.15, 0.2) is 64.5 Å². The first-order chi connectivity index (χ1) is 16.4. The summed E-state index contributed by atoms with van der Waals surface area (Å²) in [6.07, 6.45) is 4.48. The van der Waals surface area contributed by atoms with Crippen LogP contribution in [0.2, 0.25) is 0 Å². The van der Waals surface area contributed by atoms with Gasteiger partial charge in [0.2, 0.25) is 11.8 Å². The second kappa shape index (κ2) is 10.8. The summed E-state index contributed by atoms with van der Waals surface area (Å²) in [5.41, 5.74) is 1.64. The first kappa shape index (κ1) is 23.9. The Morgan fingerprint density at radius 3 is 2.56 bits per heavy atom. The largest absolute Gasteiger partial charge is 0.342 e. The SMILES string of the molecule is O=C(Nc1ccc(S(=O)(=O)NC2=NCCCCC2)cc1)C1CC(=O)N(CCc2ccccc2)C1. The monoisotopic (exact) mass is 482 g/mol. The van der Waals surface area contributed by atoms with E-state index in [4.69, 9.17) is 0 Å². The number of hydrogen-bond donors (Lipinski definition) is 2. The van der Waals surface area contributed by atoms with E-state index in [2.05, 4.69) is 15.0 Å². The summed E-state index contributed by atoms with van der Waals surface area (Å²) in [5.74, 6) is -0.193. The normalized spacial score (nSPS) is 18.8. The third kappa shape index (κ3) is 6.22. The number of nitrogens with one attached hydrogen (secondary N) is 2. The second-order valence-electron chi connectivity index (χ2n) is 8.73. The van der Waals surface area contributed by atoms with Crippen molar-refractivity contribution < 1.29 is 18.0 Å². The molecule has 2 N–H and O–H groups in total. The van der Waals surface area contributed by atoms with Gasteiger partial charge in [-0.15, -0.1) is 0 Å². The molecule has 2 aromatic rings. The lowest BCUT2D eigenvalue weighted by molar-refractivity contribution is -0.128. The molecule has 4 rings (SSSR count). The van der Waals surface area contributed by atoms with Crippen molar-refractivity contribution in [3.05, 3.63) is 60.2 Å². The highest BCUT2D eigenvalue weighted by Crippen LogP contribution is 2.21. The zero-order valence-corrected chi connectivity index (χ0v) is 19.9. The third-order valence-corrected chi connectivity index (χ3v) is 7.55. The molecule has 2 aliphatic rings. The highest BCUT2D eigenvalue weighted by Gasteiger charge is 2.34. The fraction of sp³-hybridized carbons (Fsp3) is 0.400. The topological polar surface area (TPSA) is 108 Å². The number of hydrogen-bond acceptors (Lipinski definition) is 5. The van der Waals surface area contributed by atoms with Gasteiger partial charge in [-0.05, 0) is 49.1 Å². The van der Waals surface area contributed by atoms with Gasteiger partial charge >= 0.3 is 0 Å². The third-order valence-electron chi connectivity index (χ3n) is 6.16. The Morgan fingerprint density at radius 2 is 1.79 bits per heavy atom. The molecule has 8 nitrogen and oxygen atoms in total. The average molecular weight is 483 g/mol. The Labute approximate surface area is 200 Å². The van der Waals surface area contributed by atoms with Crippen molar-refractivity contribution in [1.82, 2.24) is 9.62 Å². The molecule has 2 aromatic carbocycles. The lowest BCUT2D eigenvalue weighted by atomic mass is 10.1. The van der Waals surface area contributed by atoms with E-state index in [1.54, 1.807) is 17.0 Å². The van der Waals surface area contributed by atoms with E-state index in [-0.39, 0.29) is 23.1 Å². The molecule has 9 heteroatoms. The standard InChI is InChI=1S/C25H30N4O4S/c30-24-17-20(18-29(24)16-14-19-7-3-1-4-8-19)25(31)27-21-10-12-22(13-11-21)34(32,33)28-23-9-5-2-6-15-26-23/h1,3-4,7-8,10-13,20H,2,5-6,9,14-18H2,(H,26,28)(H,27,31). The van der Waals surface area contributed by atoms with Crippen LogP contribution in [-0.2, 0) is 26.0 Å². The Kier molecular flexibility index (Phi) is 7.62. The lowest BCUT2D eigenvalue weighted by Crippen LogP contribution is -2.30. The first-order valence-corrected chi connectivity index (χ1v) is 13.2. The molecule has 2 heterocycles. The van der Waals surface area contributed by atoms with Crippen molar-refractivity contribution in [3.8, 4) is 0 Å². The lowest BCUT2D eigenvalue weighted by Gasteiger charge is -2.16. The summed E-state index contributed by atoms with van der Waals surface area (Å²) in [4.78, 5) is 31.2. The maximum Gasteiger partial charge on any atom is 0.262 e. The van der Waals surface area contributed by atoms with Gasteiger partial charge in [0, 0.05) is 38.2 Å². The van der Waals surface area contributed by atoms with Crippen molar-refractivity contribution in [2.45, 2.75) is 43.4 Å². The van der Waals surface area contributed by atoms with Crippen LogP contribution < -0.4 is 10.0 Å². The van der Waals surface area contributed by atoms with Crippen LogP contribution in [0.4, 0.5) is 5.69 Å². The number of benzene rings is 2. The minimum absolute atomic E-state index is 0.0231. The van der Waals surface area contributed by atoms with E-state index in [1.165, 1.54) is 12.1 Å². The van der Waals surface area contributed by atoms with Crippen LogP contribution in [-0.4, -0.2) is 50.6 Å². The van der Waals surface area contributed by atoms with Crippen LogP contribution >= 0.6 is 0 Å². The molecule has 0 spiro atoms. The molecule has 1 fully saturated rings. The van der Waals surface area contributed by atoms with Gasteiger partial charge in [0.15, 0.2) is 0 Å². The number of carbonyl (C=O) groups excluding carboxylic acids is 2. The van der Waals surface area contributed by atoms with Crippen molar-refractivity contribution in [1.29, 1.82) is 0 Å². The van der Waals surface area contributed by atoms with Gasteiger partial charge in [-0.3, -0.25) is 19.3 Å².